The average molecular weight is 351 g/mol. The monoisotopic (exact) mass is 350 g/mol. The van der Waals surface area contributed by atoms with Gasteiger partial charge >= 0.3 is 0 Å². The van der Waals surface area contributed by atoms with E-state index in [9.17, 15) is 0 Å². The Hall–Kier alpha value is -1.46. The summed E-state index contributed by atoms with van der Waals surface area (Å²) in [5, 5.41) is 0. The molecule has 0 atom stereocenters. The van der Waals surface area contributed by atoms with Crippen LogP contribution in [0.4, 0.5) is 0 Å². The number of hydrogen-bond donors (Lipinski definition) is 1. The molecule has 0 unspecified atom stereocenters. The number of thiocarbonyl (C=S) groups is 1. The number of rotatable bonds is 4. The average Bonchev–Trinajstić information content (AvgIpc) is 2.41. The summed E-state index contributed by atoms with van der Waals surface area (Å²) in [7, 11) is 0. The molecule has 0 saturated carbocycles. The molecule has 0 aliphatic heterocycles. The zero-order valence-electron chi connectivity index (χ0n) is 11.3. The van der Waals surface area contributed by atoms with Crippen molar-refractivity contribution in [1.29, 1.82) is 0 Å². The van der Waals surface area contributed by atoms with E-state index in [4.69, 9.17) is 22.7 Å². The Kier molecular flexibility index (Phi) is 4.73. The minimum Gasteiger partial charge on any atom is -0.457 e. The molecule has 2 aromatic rings. The molecule has 2 N–H and O–H groups in total. The van der Waals surface area contributed by atoms with Crippen LogP contribution < -0.4 is 10.5 Å². The van der Waals surface area contributed by atoms with Crippen LogP contribution in [0.25, 0.3) is 0 Å². The third-order valence-corrected chi connectivity index (χ3v) is 3.51. The molecule has 104 valence electrons. The predicted octanol–water partition coefficient (Wildman–Crippen LogP) is 4.39. The van der Waals surface area contributed by atoms with E-state index >= 15 is 0 Å². The molecular weight excluding hydrogens is 336 g/mol. The standard InChI is InChI=1S/C15H15BrN2OS/c1-9(2)12-7-10(16)3-4-14(12)19-11-5-6-18-13(8-11)15(17)20/h3-9H,1-2H3,(H2,17,20). The molecule has 5 heteroatoms. The van der Waals surface area contributed by atoms with Gasteiger partial charge in [-0.2, -0.15) is 0 Å². The van der Waals surface area contributed by atoms with Gasteiger partial charge in [0.1, 0.15) is 22.2 Å². The van der Waals surface area contributed by atoms with Crippen LogP contribution >= 0.6 is 28.1 Å². The summed E-state index contributed by atoms with van der Waals surface area (Å²) in [6.45, 7) is 4.25. The SMILES string of the molecule is CC(C)c1cc(Br)ccc1Oc1ccnc(C(N)=S)c1. The molecule has 1 aromatic carbocycles. The van der Waals surface area contributed by atoms with Crippen molar-refractivity contribution in [3.63, 3.8) is 0 Å². The highest BCUT2D eigenvalue weighted by Crippen LogP contribution is 2.32. The first-order chi connectivity index (χ1) is 9.47. The number of hydrogen-bond acceptors (Lipinski definition) is 3. The molecule has 20 heavy (non-hydrogen) atoms. The van der Waals surface area contributed by atoms with Gasteiger partial charge in [0.05, 0.1) is 0 Å². The number of halogens is 1. The van der Waals surface area contributed by atoms with Crippen molar-refractivity contribution in [1.82, 2.24) is 4.98 Å². The number of nitrogens with zero attached hydrogens (tertiary/aromatic N) is 1. The van der Waals surface area contributed by atoms with Gasteiger partial charge in [0.15, 0.2) is 0 Å². The van der Waals surface area contributed by atoms with Crippen molar-refractivity contribution in [2.24, 2.45) is 5.73 Å². The van der Waals surface area contributed by atoms with Crippen LogP contribution in [0.2, 0.25) is 0 Å². The van der Waals surface area contributed by atoms with Gasteiger partial charge in [0, 0.05) is 16.7 Å². The van der Waals surface area contributed by atoms with E-state index in [0.29, 0.717) is 17.4 Å². The maximum atomic E-state index is 5.94. The fraction of sp³-hybridized carbons (Fsp3) is 0.200. The van der Waals surface area contributed by atoms with E-state index in [1.165, 1.54) is 0 Å². The van der Waals surface area contributed by atoms with Crippen molar-refractivity contribution in [3.8, 4) is 11.5 Å². The van der Waals surface area contributed by atoms with E-state index in [1.807, 2.05) is 12.1 Å². The highest BCUT2D eigenvalue weighted by Gasteiger charge is 2.10. The third-order valence-electron chi connectivity index (χ3n) is 2.81. The minimum atomic E-state index is 0.260. The Bertz CT molecular complexity index is 644. The van der Waals surface area contributed by atoms with Crippen LogP contribution in [-0.2, 0) is 0 Å². The lowest BCUT2D eigenvalue weighted by Gasteiger charge is -2.14. The molecule has 0 fully saturated rings. The molecule has 2 rings (SSSR count). The van der Waals surface area contributed by atoms with E-state index < -0.39 is 0 Å². The largest absolute Gasteiger partial charge is 0.457 e. The molecule has 3 nitrogen and oxygen atoms in total. The van der Waals surface area contributed by atoms with Crippen LogP contribution in [0.15, 0.2) is 41.0 Å². The predicted molar refractivity (Wildman–Crippen MR) is 88.4 cm³/mol. The highest BCUT2D eigenvalue weighted by molar-refractivity contribution is 9.10. The van der Waals surface area contributed by atoms with Crippen molar-refractivity contribution in [2.45, 2.75) is 19.8 Å². The summed E-state index contributed by atoms with van der Waals surface area (Å²) >= 11 is 8.41. The zero-order valence-corrected chi connectivity index (χ0v) is 13.7. The second-order valence-electron chi connectivity index (χ2n) is 4.68. The maximum absolute atomic E-state index is 5.94. The number of ether oxygens (including phenoxy) is 1. The second-order valence-corrected chi connectivity index (χ2v) is 6.04. The van der Waals surface area contributed by atoms with Gasteiger partial charge in [0.25, 0.3) is 0 Å². The van der Waals surface area contributed by atoms with Crippen molar-refractivity contribution in [3.05, 3.63) is 52.3 Å². The summed E-state index contributed by atoms with van der Waals surface area (Å²) in [5.41, 5.74) is 7.27. The second kappa shape index (κ2) is 6.33. The molecule has 0 amide bonds. The van der Waals surface area contributed by atoms with E-state index in [-0.39, 0.29) is 4.99 Å². The molecule has 0 saturated heterocycles. The van der Waals surface area contributed by atoms with Gasteiger partial charge in [-0.15, -0.1) is 0 Å². The summed E-state index contributed by atoms with van der Waals surface area (Å²) in [6, 6.07) is 9.50. The lowest BCUT2D eigenvalue weighted by molar-refractivity contribution is 0.472. The molecule has 0 aliphatic carbocycles. The quantitative estimate of drug-likeness (QED) is 0.830. The van der Waals surface area contributed by atoms with Crippen molar-refractivity contribution < 1.29 is 4.74 Å². The van der Waals surface area contributed by atoms with Gasteiger partial charge in [0.2, 0.25) is 0 Å². The summed E-state index contributed by atoms with van der Waals surface area (Å²) in [5.74, 6) is 1.86. The Morgan fingerprint density at radius 3 is 2.70 bits per heavy atom. The highest BCUT2D eigenvalue weighted by atomic mass is 79.9. The molecule has 0 bridgehead atoms. The van der Waals surface area contributed by atoms with Crippen LogP contribution in [0.5, 0.6) is 11.5 Å². The Morgan fingerprint density at radius 1 is 1.30 bits per heavy atom. The molecular formula is C15H15BrN2OS. The summed E-state index contributed by atoms with van der Waals surface area (Å²) in [6.07, 6.45) is 1.64. The van der Waals surface area contributed by atoms with Crippen LogP contribution in [-0.4, -0.2) is 9.97 Å². The lowest BCUT2D eigenvalue weighted by Crippen LogP contribution is -2.11. The molecule has 0 aliphatic rings. The van der Waals surface area contributed by atoms with Crippen molar-refractivity contribution >= 4 is 33.1 Å². The Morgan fingerprint density at radius 2 is 2.05 bits per heavy atom. The smallest absolute Gasteiger partial charge is 0.131 e. The van der Waals surface area contributed by atoms with Gasteiger partial charge in [-0.3, -0.25) is 4.98 Å². The first-order valence-corrected chi connectivity index (χ1v) is 7.40. The van der Waals surface area contributed by atoms with Gasteiger partial charge in [-0.25, -0.2) is 0 Å². The number of nitrogens with two attached hydrogens (primary N) is 1. The molecule has 1 aromatic heterocycles. The third kappa shape index (κ3) is 3.55. The van der Waals surface area contributed by atoms with Crippen LogP contribution in [0.3, 0.4) is 0 Å². The number of aromatic nitrogens is 1. The Labute approximate surface area is 132 Å². The minimum absolute atomic E-state index is 0.260. The normalized spacial score (nSPS) is 10.6. The van der Waals surface area contributed by atoms with Gasteiger partial charge in [-0.1, -0.05) is 42.0 Å². The number of pyridine rings is 1. The van der Waals surface area contributed by atoms with Crippen molar-refractivity contribution in [2.75, 3.05) is 0 Å². The van der Waals surface area contributed by atoms with Crippen LogP contribution in [0.1, 0.15) is 31.0 Å². The fourth-order valence-corrected chi connectivity index (χ4v) is 2.29. The first-order valence-electron chi connectivity index (χ1n) is 6.20. The summed E-state index contributed by atoms with van der Waals surface area (Å²) in [4.78, 5) is 4.36. The van der Waals surface area contributed by atoms with E-state index in [2.05, 4.69) is 40.8 Å². The maximum Gasteiger partial charge on any atom is 0.131 e. The van der Waals surface area contributed by atoms with E-state index in [1.54, 1.807) is 18.3 Å². The topological polar surface area (TPSA) is 48.1 Å². The molecule has 0 spiro atoms. The summed E-state index contributed by atoms with van der Waals surface area (Å²) < 4.78 is 6.97. The first kappa shape index (κ1) is 14.9. The molecule has 1 heterocycles. The number of benzene rings is 1. The van der Waals surface area contributed by atoms with E-state index in [0.717, 1.165) is 15.8 Å². The fourth-order valence-electron chi connectivity index (χ4n) is 1.80. The lowest BCUT2D eigenvalue weighted by atomic mass is 10.0. The van der Waals surface area contributed by atoms with Crippen LogP contribution in [0, 0.1) is 0 Å². The zero-order chi connectivity index (χ0) is 14.7. The van der Waals surface area contributed by atoms with Gasteiger partial charge < -0.3 is 10.5 Å². The Balaban J connectivity index is 2.35. The molecule has 0 radical (unpaired) electrons. The van der Waals surface area contributed by atoms with Gasteiger partial charge in [-0.05, 0) is 35.7 Å².